The van der Waals surface area contributed by atoms with Gasteiger partial charge < -0.3 is 26.0 Å². The molecule has 8 nitrogen and oxygen atoms in total. The lowest BCUT2D eigenvalue weighted by Crippen LogP contribution is -2.39. The minimum atomic E-state index is -1.24. The van der Waals surface area contributed by atoms with Crippen LogP contribution in [0.25, 0.3) is 10.4 Å². The number of hydrogen-bond acceptors (Lipinski definition) is 8. The molecular weight excluding hydrogens is 546 g/mol. The van der Waals surface area contributed by atoms with E-state index < -0.39 is 18.5 Å². The maximum absolute atomic E-state index is 11.8. The fourth-order valence-electron chi connectivity index (χ4n) is 4.16. The number of aliphatic carboxylic acids is 1. The molecule has 1 unspecified atom stereocenters. The number of nitrogens with two attached hydrogens (primary N) is 1. The normalized spacial score (nSPS) is 12.2. The lowest BCUT2D eigenvalue weighted by Gasteiger charge is -2.30. The molecule has 3 rings (SSSR count). The smallest absolute Gasteiger partial charge is 0.349 e. The Morgan fingerprint density at radius 1 is 1.18 bits per heavy atom. The Morgan fingerprint density at radius 2 is 1.92 bits per heavy atom. The minimum absolute atomic E-state index is 0.0740. The number of thiol groups is 1. The number of nitrogens with one attached hydrogen (secondary N) is 2. The second-order valence-electron chi connectivity index (χ2n) is 9.65. The highest BCUT2D eigenvalue weighted by Crippen LogP contribution is 2.46. The van der Waals surface area contributed by atoms with Gasteiger partial charge in [-0.05, 0) is 74.9 Å². The zero-order valence-electron chi connectivity index (χ0n) is 21.2. The maximum Gasteiger partial charge on any atom is 0.349 e. The molecule has 0 saturated carbocycles. The third-order valence-electron chi connectivity index (χ3n) is 5.87. The van der Waals surface area contributed by atoms with Gasteiger partial charge in [-0.3, -0.25) is 4.72 Å². The standard InChI is InChI=1S/C27H32ClN3O5S2/c1-27(2,31-37)14-20(11-4-7-16-6-3-9-18(29)12-16)30-19-10-5-8-17(13-19)24-22(28)23(36-15-21(32)33)25(38-24)26(34)35/h3,5-6,8-10,12-13,20,30-31,37H,4,7,11,14-15,29H2,1-2H3,(H,32,33)(H,34,35). The summed E-state index contributed by atoms with van der Waals surface area (Å²) in [6.45, 7) is 3.48. The molecule has 0 radical (unpaired) electrons. The number of hydrogen-bond donors (Lipinski definition) is 6. The number of aryl methyl sites for hydroxylation is 1. The van der Waals surface area contributed by atoms with E-state index in [1.165, 1.54) is 5.56 Å². The number of benzene rings is 2. The van der Waals surface area contributed by atoms with E-state index in [0.29, 0.717) is 10.4 Å². The van der Waals surface area contributed by atoms with Gasteiger partial charge in [-0.1, -0.05) is 48.7 Å². The quantitative estimate of drug-likeness (QED) is 0.0982. The first kappa shape index (κ1) is 29.6. The van der Waals surface area contributed by atoms with Crippen molar-refractivity contribution >= 4 is 59.1 Å². The van der Waals surface area contributed by atoms with E-state index in [2.05, 4.69) is 42.8 Å². The average Bonchev–Trinajstić information content (AvgIpc) is 3.19. The highest BCUT2D eigenvalue weighted by Gasteiger charge is 2.25. The van der Waals surface area contributed by atoms with Crippen LogP contribution in [0.1, 0.15) is 48.3 Å². The van der Waals surface area contributed by atoms with E-state index in [4.69, 9.17) is 27.2 Å². The van der Waals surface area contributed by atoms with Crippen LogP contribution in [0.2, 0.25) is 5.02 Å². The molecule has 1 heterocycles. The van der Waals surface area contributed by atoms with Crippen molar-refractivity contribution in [1.82, 2.24) is 4.72 Å². The number of carbonyl (C=O) groups is 2. The summed E-state index contributed by atoms with van der Waals surface area (Å²) in [6, 6.07) is 15.5. The first-order valence-corrected chi connectivity index (χ1v) is 13.7. The molecule has 0 fully saturated rings. The van der Waals surface area contributed by atoms with E-state index >= 15 is 0 Å². The summed E-state index contributed by atoms with van der Waals surface area (Å²) in [6.07, 6.45) is 3.55. The van der Waals surface area contributed by atoms with Crippen molar-refractivity contribution in [2.24, 2.45) is 0 Å². The van der Waals surface area contributed by atoms with Gasteiger partial charge in [0.05, 0.1) is 4.88 Å². The number of rotatable bonds is 14. The van der Waals surface area contributed by atoms with Gasteiger partial charge in [0.25, 0.3) is 0 Å². The fraction of sp³-hybridized carbons (Fsp3) is 0.333. The largest absolute Gasteiger partial charge is 0.479 e. The summed E-state index contributed by atoms with van der Waals surface area (Å²) in [5, 5.41) is 22.2. The third kappa shape index (κ3) is 8.29. The molecule has 6 N–H and O–H groups in total. The predicted molar refractivity (Wildman–Crippen MR) is 157 cm³/mol. The molecule has 38 heavy (non-hydrogen) atoms. The van der Waals surface area contributed by atoms with Crippen molar-refractivity contribution in [3.8, 4) is 16.2 Å². The van der Waals surface area contributed by atoms with Crippen LogP contribution in [0.5, 0.6) is 5.75 Å². The summed E-state index contributed by atoms with van der Waals surface area (Å²) < 4.78 is 8.27. The van der Waals surface area contributed by atoms with Crippen LogP contribution in [0.4, 0.5) is 11.4 Å². The average molecular weight is 578 g/mol. The van der Waals surface area contributed by atoms with E-state index in [1.54, 1.807) is 0 Å². The van der Waals surface area contributed by atoms with Gasteiger partial charge >= 0.3 is 11.9 Å². The molecule has 0 aliphatic heterocycles. The summed E-state index contributed by atoms with van der Waals surface area (Å²) in [7, 11) is 0. The van der Waals surface area contributed by atoms with Crippen LogP contribution in [-0.4, -0.2) is 40.3 Å². The van der Waals surface area contributed by atoms with Gasteiger partial charge in [-0.2, -0.15) is 0 Å². The highest BCUT2D eigenvalue weighted by molar-refractivity contribution is 7.78. The van der Waals surface area contributed by atoms with Crippen molar-refractivity contribution in [1.29, 1.82) is 0 Å². The van der Waals surface area contributed by atoms with Crippen molar-refractivity contribution in [2.75, 3.05) is 17.7 Å². The monoisotopic (exact) mass is 577 g/mol. The summed E-state index contributed by atoms with van der Waals surface area (Å²) in [4.78, 5) is 23.0. The Bertz CT molecular complexity index is 1280. The number of carboxylic acids is 2. The minimum Gasteiger partial charge on any atom is -0.479 e. The van der Waals surface area contributed by atoms with Gasteiger partial charge in [0.15, 0.2) is 17.2 Å². The van der Waals surface area contributed by atoms with Gasteiger partial charge in [0.1, 0.15) is 5.02 Å². The summed E-state index contributed by atoms with van der Waals surface area (Å²) >= 11 is 11.7. The SMILES string of the molecule is CC(C)(CC(CCCc1cccc(N)c1)Nc1cccc(-c2sc(C(=O)O)c(OCC(=O)O)c2Cl)c1)NS. The Morgan fingerprint density at radius 3 is 2.58 bits per heavy atom. The highest BCUT2D eigenvalue weighted by atomic mass is 35.5. The van der Waals surface area contributed by atoms with Crippen molar-refractivity contribution in [3.63, 3.8) is 0 Å². The number of anilines is 2. The number of thiophene rings is 1. The molecule has 0 bridgehead atoms. The fourth-order valence-corrected chi connectivity index (χ4v) is 5.65. The number of halogens is 1. The number of carboxylic acid groups (broad SMARTS) is 2. The predicted octanol–water partition coefficient (Wildman–Crippen LogP) is 6.22. The Labute approximate surface area is 236 Å². The van der Waals surface area contributed by atoms with E-state index in [1.807, 2.05) is 42.5 Å². The van der Waals surface area contributed by atoms with E-state index in [9.17, 15) is 14.7 Å². The molecule has 1 aromatic heterocycles. The lowest BCUT2D eigenvalue weighted by atomic mass is 9.92. The second-order valence-corrected chi connectivity index (χ2v) is 11.3. The van der Waals surface area contributed by atoms with Crippen LogP contribution in [0, 0.1) is 0 Å². The zero-order valence-corrected chi connectivity index (χ0v) is 23.6. The van der Waals surface area contributed by atoms with Crippen LogP contribution in [0.15, 0.2) is 48.5 Å². The summed E-state index contributed by atoms with van der Waals surface area (Å²) in [5.41, 5.74) is 9.19. The van der Waals surface area contributed by atoms with Crippen LogP contribution >= 0.6 is 35.8 Å². The topological polar surface area (TPSA) is 134 Å². The zero-order chi connectivity index (χ0) is 27.9. The molecule has 3 aromatic rings. The van der Waals surface area contributed by atoms with Crippen LogP contribution < -0.4 is 20.5 Å². The lowest BCUT2D eigenvalue weighted by molar-refractivity contribution is -0.139. The van der Waals surface area contributed by atoms with E-state index in [0.717, 1.165) is 48.4 Å². The van der Waals surface area contributed by atoms with Gasteiger partial charge in [-0.25, -0.2) is 9.59 Å². The van der Waals surface area contributed by atoms with Crippen LogP contribution in [-0.2, 0) is 11.2 Å². The number of nitrogen functional groups attached to an aromatic ring is 1. The molecule has 11 heteroatoms. The number of aromatic carboxylic acids is 1. The van der Waals surface area contributed by atoms with Crippen molar-refractivity contribution < 1.29 is 24.5 Å². The Kier molecular flexibility index (Phi) is 10.3. The second kappa shape index (κ2) is 13.2. The summed E-state index contributed by atoms with van der Waals surface area (Å²) in [5.74, 6) is -2.60. The van der Waals surface area contributed by atoms with E-state index in [-0.39, 0.29) is 27.2 Å². The van der Waals surface area contributed by atoms with Crippen LogP contribution in [0.3, 0.4) is 0 Å². The number of ether oxygens (including phenoxy) is 1. The molecular formula is C27H32ClN3O5S2. The Balaban J connectivity index is 1.82. The molecule has 0 aliphatic rings. The first-order valence-electron chi connectivity index (χ1n) is 12.0. The molecule has 0 saturated heterocycles. The maximum atomic E-state index is 11.8. The molecule has 0 spiro atoms. The third-order valence-corrected chi connectivity index (χ3v) is 8.15. The molecule has 2 aromatic carbocycles. The molecule has 0 aliphatic carbocycles. The Hall–Kier alpha value is -2.92. The van der Waals surface area contributed by atoms with Gasteiger partial charge in [-0.15, -0.1) is 11.3 Å². The van der Waals surface area contributed by atoms with Crippen molar-refractivity contribution in [2.45, 2.75) is 51.1 Å². The van der Waals surface area contributed by atoms with Gasteiger partial charge in [0.2, 0.25) is 0 Å². The molecule has 0 amide bonds. The van der Waals surface area contributed by atoms with Gasteiger partial charge in [0, 0.05) is 23.0 Å². The van der Waals surface area contributed by atoms with Crippen molar-refractivity contribution in [3.05, 3.63) is 64.0 Å². The molecule has 204 valence electrons. The first-order chi connectivity index (χ1) is 18.0. The molecule has 1 atom stereocenters.